The van der Waals surface area contributed by atoms with E-state index < -0.39 is 5.91 Å². The number of nitrogens with two attached hydrogens (primary N) is 1. The number of primary amides is 1. The molecule has 0 saturated heterocycles. The maximum atomic E-state index is 12.6. The molecular formula is C17H18ClN5O2. The van der Waals surface area contributed by atoms with Gasteiger partial charge >= 0.3 is 0 Å². The highest BCUT2D eigenvalue weighted by Gasteiger charge is 2.26. The zero-order chi connectivity index (χ0) is 18.5. The van der Waals surface area contributed by atoms with Gasteiger partial charge in [0.1, 0.15) is 11.4 Å². The van der Waals surface area contributed by atoms with Crippen LogP contribution in [-0.2, 0) is 12.5 Å². The summed E-state index contributed by atoms with van der Waals surface area (Å²) in [5.74, 6) is -0.752. The van der Waals surface area contributed by atoms with Gasteiger partial charge in [-0.1, -0.05) is 32.4 Å². The Kier molecular flexibility index (Phi) is 3.91. The van der Waals surface area contributed by atoms with Crippen LogP contribution in [0.5, 0.6) is 0 Å². The van der Waals surface area contributed by atoms with Gasteiger partial charge < -0.3 is 10.7 Å². The molecule has 0 bridgehead atoms. The Bertz CT molecular complexity index is 1060. The maximum absolute atomic E-state index is 12.6. The molecule has 7 nitrogen and oxygen atoms in total. The third-order valence-corrected chi connectivity index (χ3v) is 4.29. The van der Waals surface area contributed by atoms with Gasteiger partial charge in [0.15, 0.2) is 5.43 Å². The monoisotopic (exact) mass is 359 g/mol. The van der Waals surface area contributed by atoms with Gasteiger partial charge in [0.05, 0.1) is 27.3 Å². The quantitative estimate of drug-likeness (QED) is 0.732. The summed E-state index contributed by atoms with van der Waals surface area (Å²) in [6.45, 7) is 6.04. The number of amides is 1. The Morgan fingerprint density at radius 3 is 2.60 bits per heavy atom. The number of carbonyl (C=O) groups is 1. The van der Waals surface area contributed by atoms with Gasteiger partial charge in [-0.15, -0.1) is 0 Å². The van der Waals surface area contributed by atoms with E-state index in [0.717, 1.165) is 5.69 Å². The number of fused-ring (bicyclic) bond motifs is 1. The Hall–Kier alpha value is -2.67. The summed E-state index contributed by atoms with van der Waals surface area (Å²) in [4.78, 5) is 31.1. The minimum atomic E-state index is -0.752. The van der Waals surface area contributed by atoms with Crippen molar-refractivity contribution in [1.29, 1.82) is 0 Å². The highest BCUT2D eigenvalue weighted by molar-refractivity contribution is 6.33. The van der Waals surface area contributed by atoms with Crippen molar-refractivity contribution in [2.24, 2.45) is 12.8 Å². The van der Waals surface area contributed by atoms with Gasteiger partial charge in [0.25, 0.3) is 5.91 Å². The van der Waals surface area contributed by atoms with Gasteiger partial charge in [-0.05, 0) is 6.07 Å². The smallest absolute Gasteiger partial charge is 0.268 e. The molecule has 0 aromatic carbocycles. The number of carbonyl (C=O) groups excluding carboxylic acids is 1. The molecule has 0 unspecified atom stereocenters. The first-order valence-corrected chi connectivity index (χ1v) is 8.04. The van der Waals surface area contributed by atoms with Crippen molar-refractivity contribution in [2.45, 2.75) is 26.2 Å². The number of halogens is 1. The molecule has 3 N–H and O–H groups in total. The number of aromatic amines is 1. The molecule has 0 aliphatic rings. The largest absolute Gasteiger partial charge is 0.364 e. The van der Waals surface area contributed by atoms with E-state index in [2.05, 4.69) is 15.1 Å². The van der Waals surface area contributed by atoms with Crippen LogP contribution in [-0.4, -0.2) is 25.7 Å². The van der Waals surface area contributed by atoms with Crippen molar-refractivity contribution in [3.8, 4) is 11.4 Å². The van der Waals surface area contributed by atoms with Crippen LogP contribution in [0.3, 0.4) is 0 Å². The van der Waals surface area contributed by atoms with E-state index >= 15 is 0 Å². The zero-order valence-electron chi connectivity index (χ0n) is 14.3. The lowest BCUT2D eigenvalue weighted by Crippen LogP contribution is -2.17. The lowest BCUT2D eigenvalue weighted by molar-refractivity contribution is 0.0997. The summed E-state index contributed by atoms with van der Waals surface area (Å²) in [5.41, 5.74) is 6.95. The lowest BCUT2D eigenvalue weighted by atomic mass is 9.92. The van der Waals surface area contributed by atoms with Crippen molar-refractivity contribution in [1.82, 2.24) is 19.7 Å². The van der Waals surface area contributed by atoms with E-state index in [4.69, 9.17) is 17.3 Å². The predicted octanol–water partition coefficient (Wildman–Crippen LogP) is 2.37. The third-order valence-electron chi connectivity index (χ3n) is 3.93. The van der Waals surface area contributed by atoms with E-state index in [1.807, 2.05) is 20.8 Å². The van der Waals surface area contributed by atoms with E-state index in [-0.39, 0.29) is 21.9 Å². The van der Waals surface area contributed by atoms with Crippen LogP contribution in [0.25, 0.3) is 22.3 Å². The maximum Gasteiger partial charge on any atom is 0.268 e. The van der Waals surface area contributed by atoms with Gasteiger partial charge in [-0.25, -0.2) is 0 Å². The molecule has 3 heterocycles. The number of nitrogens with one attached hydrogen (secondary N) is 1. The first kappa shape index (κ1) is 17.2. The first-order valence-electron chi connectivity index (χ1n) is 7.66. The van der Waals surface area contributed by atoms with Crippen LogP contribution in [0.4, 0.5) is 0 Å². The van der Waals surface area contributed by atoms with Crippen molar-refractivity contribution in [3.05, 3.63) is 45.0 Å². The minimum Gasteiger partial charge on any atom is -0.364 e. The molecule has 8 heteroatoms. The predicted molar refractivity (Wildman–Crippen MR) is 96.8 cm³/mol. The van der Waals surface area contributed by atoms with Gasteiger partial charge in [-0.3, -0.25) is 19.3 Å². The number of nitrogens with zero attached hydrogens (tertiary/aromatic N) is 3. The molecule has 0 spiro atoms. The Morgan fingerprint density at radius 2 is 2.04 bits per heavy atom. The number of H-pyrrole nitrogens is 1. The molecule has 0 fully saturated rings. The highest BCUT2D eigenvalue weighted by atomic mass is 35.5. The lowest BCUT2D eigenvalue weighted by Gasteiger charge is -2.15. The number of hydrogen-bond donors (Lipinski definition) is 2. The van der Waals surface area contributed by atoms with Crippen LogP contribution in [0, 0.1) is 0 Å². The van der Waals surface area contributed by atoms with Crippen molar-refractivity contribution >= 4 is 28.4 Å². The zero-order valence-corrected chi connectivity index (χ0v) is 15.1. The number of rotatable bonds is 2. The standard InChI is InChI=1S/C17H18ClN5O2/c1-17(2,3)15-12(18)14(23(4)22-15)9-7-10(24)11-8(21-9)5-6-20-13(11)16(19)25/h5-7H,1-4H3,(H2,19,25)(H,21,24). The fraction of sp³-hybridized carbons (Fsp3) is 0.294. The van der Waals surface area contributed by atoms with Gasteiger partial charge in [0, 0.05) is 24.7 Å². The minimum absolute atomic E-state index is 0.0585. The van der Waals surface area contributed by atoms with Crippen molar-refractivity contribution in [2.75, 3.05) is 0 Å². The number of aryl methyl sites for hydroxylation is 1. The molecule has 3 aromatic rings. The van der Waals surface area contributed by atoms with Crippen LogP contribution in [0.2, 0.25) is 5.02 Å². The van der Waals surface area contributed by atoms with Gasteiger partial charge in [-0.2, -0.15) is 5.10 Å². The van der Waals surface area contributed by atoms with Crippen molar-refractivity contribution < 1.29 is 4.79 Å². The van der Waals surface area contributed by atoms with E-state index in [1.165, 1.54) is 12.3 Å². The average Bonchev–Trinajstić information content (AvgIpc) is 2.81. The molecule has 3 aromatic heterocycles. The number of hydrogen-bond acceptors (Lipinski definition) is 4. The molecular weight excluding hydrogens is 342 g/mol. The molecule has 0 atom stereocenters. The second-order valence-corrected chi connectivity index (χ2v) is 7.26. The second kappa shape index (κ2) is 5.70. The summed E-state index contributed by atoms with van der Waals surface area (Å²) >= 11 is 6.54. The molecule has 130 valence electrons. The second-order valence-electron chi connectivity index (χ2n) is 6.88. The molecule has 0 aliphatic carbocycles. The summed E-state index contributed by atoms with van der Waals surface area (Å²) < 4.78 is 1.64. The summed E-state index contributed by atoms with van der Waals surface area (Å²) in [5, 5.41) is 5.13. The summed E-state index contributed by atoms with van der Waals surface area (Å²) in [7, 11) is 1.76. The molecule has 1 amide bonds. The summed E-state index contributed by atoms with van der Waals surface area (Å²) in [6, 6.07) is 2.99. The fourth-order valence-electron chi connectivity index (χ4n) is 2.78. The van der Waals surface area contributed by atoms with E-state index in [9.17, 15) is 9.59 Å². The molecule has 25 heavy (non-hydrogen) atoms. The molecule has 0 saturated carbocycles. The first-order chi connectivity index (χ1) is 11.6. The van der Waals surface area contributed by atoms with Crippen LogP contribution < -0.4 is 11.2 Å². The molecule has 0 radical (unpaired) electrons. The molecule has 3 rings (SSSR count). The Labute approximate surface area is 148 Å². The van der Waals surface area contributed by atoms with Crippen LogP contribution >= 0.6 is 11.6 Å². The van der Waals surface area contributed by atoms with Crippen molar-refractivity contribution in [3.63, 3.8) is 0 Å². The van der Waals surface area contributed by atoms with E-state index in [1.54, 1.807) is 17.8 Å². The van der Waals surface area contributed by atoms with Crippen LogP contribution in [0.1, 0.15) is 37.0 Å². The SMILES string of the molecule is Cn1nc(C(C)(C)C)c(Cl)c1-c1cc(=O)c2c(C(N)=O)nccc2[nH]1. The van der Waals surface area contributed by atoms with Gasteiger partial charge in [0.2, 0.25) is 0 Å². The number of aromatic nitrogens is 4. The fourth-order valence-corrected chi connectivity index (χ4v) is 3.33. The average molecular weight is 360 g/mol. The Morgan fingerprint density at radius 1 is 1.36 bits per heavy atom. The van der Waals surface area contributed by atoms with Crippen LogP contribution in [0.15, 0.2) is 23.1 Å². The summed E-state index contributed by atoms with van der Waals surface area (Å²) in [6.07, 6.45) is 1.42. The van der Waals surface area contributed by atoms with E-state index in [0.29, 0.717) is 21.9 Å². The topological polar surface area (TPSA) is 107 Å². The highest BCUT2D eigenvalue weighted by Crippen LogP contribution is 2.35. The molecule has 0 aliphatic heterocycles. The Balaban J connectivity index is 2.31. The number of pyridine rings is 2. The third kappa shape index (κ3) is 2.80. The normalized spacial score (nSPS) is 11.9.